The molecule has 0 aromatic rings. The lowest BCUT2D eigenvalue weighted by molar-refractivity contribution is 0.197. The van der Waals surface area contributed by atoms with Gasteiger partial charge in [0.25, 0.3) is 0 Å². The molecule has 0 heterocycles. The van der Waals surface area contributed by atoms with E-state index in [9.17, 15) is 0 Å². The molecule has 12 heavy (non-hydrogen) atoms. The monoisotopic (exact) mass is 230 g/mol. The largest absolute Gasteiger partial charge is 0.0633 e. The predicted octanol–water partition coefficient (Wildman–Crippen LogP) is 4.50. The molecule has 1 heteroatoms. The van der Waals surface area contributed by atoms with Gasteiger partial charge in [-0.05, 0) is 42.0 Å². The van der Waals surface area contributed by atoms with E-state index in [1.807, 2.05) is 0 Å². The van der Waals surface area contributed by atoms with E-state index in [2.05, 4.69) is 41.7 Å². The molecule has 1 fully saturated rings. The van der Waals surface area contributed by atoms with Crippen LogP contribution in [0.15, 0.2) is 10.6 Å². The van der Waals surface area contributed by atoms with Crippen LogP contribution in [0.4, 0.5) is 0 Å². The lowest BCUT2D eigenvalue weighted by atomic mass is 9.71. The van der Waals surface area contributed by atoms with E-state index < -0.39 is 0 Å². The van der Waals surface area contributed by atoms with Gasteiger partial charge in [-0.1, -0.05) is 42.3 Å². The predicted molar refractivity (Wildman–Crippen MR) is 58.4 cm³/mol. The molecule has 0 amide bonds. The summed E-state index contributed by atoms with van der Waals surface area (Å²) in [5, 5.41) is 0. The SMILES string of the molecule is CC(C)(C)C1CCC(=CBr)CC1. The molecule has 0 unspecified atom stereocenters. The Hall–Kier alpha value is 0.220. The van der Waals surface area contributed by atoms with E-state index in [1.165, 1.54) is 25.7 Å². The molecule has 70 valence electrons. The number of halogens is 1. The summed E-state index contributed by atoms with van der Waals surface area (Å²) in [5.41, 5.74) is 2.10. The third-order valence-electron chi connectivity index (χ3n) is 3.01. The molecule has 1 rings (SSSR count). The average Bonchev–Trinajstić information content (AvgIpc) is 2.03. The quantitative estimate of drug-likeness (QED) is 0.575. The third-order valence-corrected chi connectivity index (χ3v) is 3.65. The smallest absolute Gasteiger partial charge is 0.0197 e. The van der Waals surface area contributed by atoms with Gasteiger partial charge in [0.1, 0.15) is 0 Å². The van der Waals surface area contributed by atoms with E-state index in [-0.39, 0.29) is 0 Å². The lowest BCUT2D eigenvalue weighted by Crippen LogP contribution is -2.23. The van der Waals surface area contributed by atoms with Crippen LogP contribution < -0.4 is 0 Å². The summed E-state index contributed by atoms with van der Waals surface area (Å²) in [5.74, 6) is 0.925. The maximum Gasteiger partial charge on any atom is -0.0197 e. The van der Waals surface area contributed by atoms with Gasteiger partial charge in [-0.3, -0.25) is 0 Å². The minimum atomic E-state index is 0.512. The summed E-state index contributed by atoms with van der Waals surface area (Å²) in [4.78, 5) is 2.12. The molecule has 0 aromatic heterocycles. The second-order valence-corrected chi connectivity index (χ2v) is 5.37. The Kier molecular flexibility index (Phi) is 3.39. The molecule has 1 aliphatic carbocycles. The Morgan fingerprint density at radius 3 is 2.08 bits per heavy atom. The standard InChI is InChI=1S/C11H19Br/c1-11(2,3)10-6-4-9(8-12)5-7-10/h8,10H,4-7H2,1-3H3. The van der Waals surface area contributed by atoms with Crippen LogP contribution in [0.25, 0.3) is 0 Å². The maximum atomic E-state index is 3.42. The number of hydrogen-bond acceptors (Lipinski definition) is 0. The van der Waals surface area contributed by atoms with Gasteiger partial charge in [0.2, 0.25) is 0 Å². The van der Waals surface area contributed by atoms with E-state index in [1.54, 1.807) is 5.57 Å². The van der Waals surface area contributed by atoms with Crippen molar-refractivity contribution in [1.82, 2.24) is 0 Å². The number of hydrogen-bond donors (Lipinski definition) is 0. The highest BCUT2D eigenvalue weighted by molar-refractivity contribution is 9.11. The zero-order valence-corrected chi connectivity index (χ0v) is 9.95. The van der Waals surface area contributed by atoms with Crippen LogP contribution in [-0.2, 0) is 0 Å². The lowest BCUT2D eigenvalue weighted by Gasteiger charge is -2.34. The second kappa shape index (κ2) is 3.95. The summed E-state index contributed by atoms with van der Waals surface area (Å²) in [6.45, 7) is 7.08. The topological polar surface area (TPSA) is 0 Å². The van der Waals surface area contributed by atoms with Gasteiger partial charge in [-0.2, -0.15) is 0 Å². The summed E-state index contributed by atoms with van der Waals surface area (Å²) in [7, 11) is 0. The van der Waals surface area contributed by atoms with Crippen molar-refractivity contribution >= 4 is 15.9 Å². The van der Waals surface area contributed by atoms with Crippen LogP contribution in [0.2, 0.25) is 0 Å². The van der Waals surface area contributed by atoms with Gasteiger partial charge in [0, 0.05) is 0 Å². The first-order valence-corrected chi connectivity index (χ1v) is 5.73. The second-order valence-electron chi connectivity index (χ2n) is 4.91. The molecule has 0 atom stereocenters. The molecule has 1 saturated carbocycles. The Labute approximate surface area is 84.6 Å². The van der Waals surface area contributed by atoms with Crippen LogP contribution in [0, 0.1) is 11.3 Å². The summed E-state index contributed by atoms with van der Waals surface area (Å²) >= 11 is 3.42. The fourth-order valence-electron chi connectivity index (χ4n) is 1.96. The van der Waals surface area contributed by atoms with Crippen molar-refractivity contribution in [3.05, 3.63) is 10.6 Å². The molecule has 0 aliphatic heterocycles. The molecular formula is C11H19Br. The van der Waals surface area contributed by atoms with Crippen LogP contribution in [-0.4, -0.2) is 0 Å². The van der Waals surface area contributed by atoms with Crippen molar-refractivity contribution < 1.29 is 0 Å². The van der Waals surface area contributed by atoms with E-state index in [4.69, 9.17) is 0 Å². The van der Waals surface area contributed by atoms with Crippen LogP contribution >= 0.6 is 15.9 Å². The Morgan fingerprint density at radius 1 is 1.25 bits per heavy atom. The maximum absolute atomic E-state index is 3.42. The molecule has 0 aromatic carbocycles. The highest BCUT2D eigenvalue weighted by atomic mass is 79.9. The number of rotatable bonds is 0. The van der Waals surface area contributed by atoms with Gasteiger partial charge in [-0.15, -0.1) is 0 Å². The van der Waals surface area contributed by atoms with Crippen LogP contribution in [0.5, 0.6) is 0 Å². The zero-order valence-electron chi connectivity index (χ0n) is 8.36. The van der Waals surface area contributed by atoms with Gasteiger partial charge in [0.15, 0.2) is 0 Å². The van der Waals surface area contributed by atoms with Crippen LogP contribution in [0.3, 0.4) is 0 Å². The van der Waals surface area contributed by atoms with Crippen molar-refractivity contribution in [3.8, 4) is 0 Å². The van der Waals surface area contributed by atoms with E-state index >= 15 is 0 Å². The molecule has 0 radical (unpaired) electrons. The Bertz CT molecular complexity index is 164. The average molecular weight is 231 g/mol. The Morgan fingerprint density at radius 2 is 1.75 bits per heavy atom. The molecule has 0 bridgehead atoms. The van der Waals surface area contributed by atoms with Crippen molar-refractivity contribution in [3.63, 3.8) is 0 Å². The molecular weight excluding hydrogens is 212 g/mol. The van der Waals surface area contributed by atoms with Gasteiger partial charge in [0.05, 0.1) is 0 Å². The minimum absolute atomic E-state index is 0.512. The molecule has 0 nitrogen and oxygen atoms in total. The third kappa shape index (κ3) is 2.62. The van der Waals surface area contributed by atoms with Gasteiger partial charge in [-0.25, -0.2) is 0 Å². The summed E-state index contributed by atoms with van der Waals surface area (Å²) < 4.78 is 0. The zero-order chi connectivity index (χ0) is 9.19. The molecule has 1 aliphatic rings. The minimum Gasteiger partial charge on any atom is -0.0633 e. The van der Waals surface area contributed by atoms with E-state index in [0.717, 1.165) is 5.92 Å². The van der Waals surface area contributed by atoms with Crippen molar-refractivity contribution in [2.45, 2.75) is 46.5 Å². The van der Waals surface area contributed by atoms with E-state index in [0.29, 0.717) is 5.41 Å². The van der Waals surface area contributed by atoms with Crippen molar-refractivity contribution in [1.29, 1.82) is 0 Å². The fraction of sp³-hybridized carbons (Fsp3) is 0.818. The molecule has 0 spiro atoms. The molecule has 0 saturated heterocycles. The van der Waals surface area contributed by atoms with Gasteiger partial charge >= 0.3 is 0 Å². The van der Waals surface area contributed by atoms with Crippen molar-refractivity contribution in [2.24, 2.45) is 11.3 Å². The van der Waals surface area contributed by atoms with Crippen LogP contribution in [0.1, 0.15) is 46.5 Å². The Balaban J connectivity index is 2.47. The first-order valence-electron chi connectivity index (χ1n) is 4.82. The number of allylic oxidation sites excluding steroid dienone is 1. The van der Waals surface area contributed by atoms with Gasteiger partial charge < -0.3 is 0 Å². The molecule has 0 N–H and O–H groups in total. The highest BCUT2D eigenvalue weighted by Gasteiger charge is 2.27. The van der Waals surface area contributed by atoms with Crippen molar-refractivity contribution in [2.75, 3.05) is 0 Å². The summed E-state index contributed by atoms with van der Waals surface area (Å²) in [6.07, 6.45) is 5.35. The first-order chi connectivity index (χ1) is 5.54. The summed E-state index contributed by atoms with van der Waals surface area (Å²) in [6, 6.07) is 0. The normalized spacial score (nSPS) is 25.7. The highest BCUT2D eigenvalue weighted by Crippen LogP contribution is 2.39. The first kappa shape index (κ1) is 10.3. The fourth-order valence-corrected chi connectivity index (χ4v) is 2.42.